The topological polar surface area (TPSA) is 130 Å². The van der Waals surface area contributed by atoms with Crippen LogP contribution in [0.15, 0.2) is 82.9 Å². The van der Waals surface area contributed by atoms with Crippen molar-refractivity contribution in [1.29, 1.82) is 0 Å². The number of rotatable bonds is 7. The Bertz CT molecular complexity index is 1470. The van der Waals surface area contributed by atoms with Gasteiger partial charge < -0.3 is 15.0 Å². The number of aromatic amines is 1. The lowest BCUT2D eigenvalue weighted by Crippen LogP contribution is -2.23. The number of nitrogens with zero attached hydrogens (tertiary/aromatic N) is 1. The second-order valence-corrected chi connectivity index (χ2v) is 8.87. The molecule has 0 spiro atoms. The molecule has 0 saturated heterocycles. The molecule has 168 valence electrons. The van der Waals surface area contributed by atoms with Crippen molar-refractivity contribution in [3.63, 3.8) is 0 Å². The number of carbonyl (C=O) groups excluding carboxylic acids is 1. The van der Waals surface area contributed by atoms with Gasteiger partial charge in [-0.05, 0) is 54.1 Å². The first kappa shape index (κ1) is 22.2. The van der Waals surface area contributed by atoms with Gasteiger partial charge in [0.05, 0.1) is 12.0 Å². The Hall–Kier alpha value is -4.02. The van der Waals surface area contributed by atoms with Crippen molar-refractivity contribution in [2.75, 3.05) is 12.4 Å². The predicted octanol–water partition coefficient (Wildman–Crippen LogP) is 2.66. The largest absolute Gasteiger partial charge is 0.497 e. The number of sulfonamides is 1. The highest BCUT2D eigenvalue weighted by Gasteiger charge is 2.16. The molecule has 33 heavy (non-hydrogen) atoms. The molecule has 1 amide bonds. The fourth-order valence-electron chi connectivity index (χ4n) is 3.17. The standard InChI is InChI=1S/C23H20N4O5S/c1-32-17-6-9-21-19(11-17)22(28)20(14-25-21)23(29)27-16-4-7-18(8-5-16)33(30,31)26-13-15-3-2-10-24-12-15/h2-12,14,26H,13H2,1H3,(H,25,28)(H,27,29). The maximum absolute atomic E-state index is 12.8. The highest BCUT2D eigenvalue weighted by molar-refractivity contribution is 7.89. The summed E-state index contributed by atoms with van der Waals surface area (Å²) in [5.74, 6) is -0.120. The molecule has 0 atom stereocenters. The molecule has 0 radical (unpaired) electrons. The van der Waals surface area contributed by atoms with E-state index in [4.69, 9.17) is 4.74 Å². The maximum atomic E-state index is 12.8. The van der Waals surface area contributed by atoms with Gasteiger partial charge in [-0.3, -0.25) is 14.6 Å². The molecule has 0 aliphatic heterocycles. The Kier molecular flexibility index (Phi) is 6.20. The van der Waals surface area contributed by atoms with Gasteiger partial charge in [-0.2, -0.15) is 0 Å². The van der Waals surface area contributed by atoms with Gasteiger partial charge in [-0.1, -0.05) is 6.07 Å². The van der Waals surface area contributed by atoms with Crippen molar-refractivity contribution in [2.45, 2.75) is 11.4 Å². The molecular formula is C23H20N4O5S. The SMILES string of the molecule is COc1ccc2[nH]cc(C(=O)Nc3ccc(S(=O)(=O)NCc4cccnc4)cc3)c(=O)c2c1. The Morgan fingerprint density at radius 1 is 1.12 bits per heavy atom. The first-order chi connectivity index (χ1) is 15.9. The number of fused-ring (bicyclic) bond motifs is 1. The van der Waals surface area contributed by atoms with Crippen LogP contribution < -0.4 is 20.2 Å². The number of H-pyrrole nitrogens is 1. The third-order valence-corrected chi connectivity index (χ3v) is 6.36. The number of hydrogen-bond donors (Lipinski definition) is 3. The van der Waals surface area contributed by atoms with Crippen LogP contribution in [0.25, 0.3) is 10.9 Å². The number of ether oxygens (including phenoxy) is 1. The Morgan fingerprint density at radius 3 is 2.61 bits per heavy atom. The Labute approximate surface area is 189 Å². The van der Waals surface area contributed by atoms with Crippen LogP contribution in [0.5, 0.6) is 5.75 Å². The van der Waals surface area contributed by atoms with Crippen LogP contribution in [0, 0.1) is 0 Å². The summed E-state index contributed by atoms with van der Waals surface area (Å²) in [7, 11) is -2.26. The van der Waals surface area contributed by atoms with Crippen molar-refractivity contribution in [3.8, 4) is 5.75 Å². The number of amides is 1. The highest BCUT2D eigenvalue weighted by Crippen LogP contribution is 2.18. The van der Waals surface area contributed by atoms with E-state index in [1.54, 1.807) is 42.7 Å². The zero-order valence-electron chi connectivity index (χ0n) is 17.5. The summed E-state index contributed by atoms with van der Waals surface area (Å²) in [4.78, 5) is 32.4. The zero-order valence-corrected chi connectivity index (χ0v) is 18.3. The van der Waals surface area contributed by atoms with Crippen LogP contribution in [0.4, 0.5) is 5.69 Å². The summed E-state index contributed by atoms with van der Waals surface area (Å²) in [6.45, 7) is 0.101. The molecule has 0 fully saturated rings. The molecule has 0 bridgehead atoms. The molecule has 0 aliphatic carbocycles. The van der Waals surface area contributed by atoms with E-state index >= 15 is 0 Å². The minimum atomic E-state index is -3.75. The van der Waals surface area contributed by atoms with E-state index in [9.17, 15) is 18.0 Å². The number of aromatic nitrogens is 2. The number of hydrogen-bond acceptors (Lipinski definition) is 6. The minimum Gasteiger partial charge on any atom is -0.497 e. The molecule has 2 heterocycles. The van der Waals surface area contributed by atoms with E-state index in [0.717, 1.165) is 5.56 Å². The van der Waals surface area contributed by atoms with Crippen LogP contribution >= 0.6 is 0 Å². The van der Waals surface area contributed by atoms with E-state index in [0.29, 0.717) is 22.3 Å². The summed E-state index contributed by atoms with van der Waals surface area (Å²) in [5.41, 5.74) is 1.12. The molecule has 2 aromatic carbocycles. The fraction of sp³-hybridized carbons (Fsp3) is 0.0870. The second kappa shape index (κ2) is 9.23. The van der Waals surface area contributed by atoms with Crippen LogP contribution in [0.3, 0.4) is 0 Å². The van der Waals surface area contributed by atoms with Gasteiger partial charge >= 0.3 is 0 Å². The van der Waals surface area contributed by atoms with Crippen LogP contribution in [0.2, 0.25) is 0 Å². The first-order valence-corrected chi connectivity index (χ1v) is 11.3. The van der Waals surface area contributed by atoms with Gasteiger partial charge in [0.25, 0.3) is 5.91 Å². The average molecular weight is 465 g/mol. The molecule has 2 aromatic heterocycles. The van der Waals surface area contributed by atoms with Crippen molar-refractivity contribution in [2.24, 2.45) is 0 Å². The van der Waals surface area contributed by atoms with Gasteiger partial charge in [0, 0.05) is 41.7 Å². The van der Waals surface area contributed by atoms with Crippen LogP contribution in [-0.4, -0.2) is 31.4 Å². The number of benzene rings is 2. The summed E-state index contributed by atoms with van der Waals surface area (Å²) in [6, 6.07) is 14.1. The number of nitrogens with one attached hydrogen (secondary N) is 3. The smallest absolute Gasteiger partial charge is 0.261 e. The average Bonchev–Trinajstić information content (AvgIpc) is 2.84. The zero-order chi connectivity index (χ0) is 23.4. The predicted molar refractivity (Wildman–Crippen MR) is 124 cm³/mol. The quantitative estimate of drug-likeness (QED) is 0.386. The van der Waals surface area contributed by atoms with Crippen molar-refractivity contribution in [3.05, 3.63) is 94.5 Å². The van der Waals surface area contributed by atoms with Crippen molar-refractivity contribution >= 4 is 32.5 Å². The van der Waals surface area contributed by atoms with Gasteiger partial charge in [0.15, 0.2) is 0 Å². The van der Waals surface area contributed by atoms with Crippen LogP contribution in [0.1, 0.15) is 15.9 Å². The molecule has 0 aliphatic rings. The lowest BCUT2D eigenvalue weighted by atomic mass is 10.1. The summed E-state index contributed by atoms with van der Waals surface area (Å²) < 4.78 is 32.7. The second-order valence-electron chi connectivity index (χ2n) is 7.11. The van der Waals surface area contributed by atoms with E-state index in [1.807, 2.05) is 0 Å². The van der Waals surface area contributed by atoms with Gasteiger partial charge in [0.1, 0.15) is 11.3 Å². The van der Waals surface area contributed by atoms with E-state index in [1.165, 1.54) is 37.6 Å². The van der Waals surface area contributed by atoms with Gasteiger partial charge in [0.2, 0.25) is 15.5 Å². The highest BCUT2D eigenvalue weighted by atomic mass is 32.2. The minimum absolute atomic E-state index is 0.0417. The monoisotopic (exact) mass is 464 g/mol. The van der Waals surface area contributed by atoms with Crippen molar-refractivity contribution < 1.29 is 17.9 Å². The lowest BCUT2D eigenvalue weighted by Gasteiger charge is -2.09. The summed E-state index contributed by atoms with van der Waals surface area (Å²) >= 11 is 0. The van der Waals surface area contributed by atoms with Crippen molar-refractivity contribution in [1.82, 2.24) is 14.7 Å². The third kappa shape index (κ3) is 4.92. The normalized spacial score (nSPS) is 11.3. The van der Waals surface area contributed by atoms with E-state index in [2.05, 4.69) is 20.0 Å². The van der Waals surface area contributed by atoms with Gasteiger partial charge in [-0.25, -0.2) is 13.1 Å². The molecule has 10 heteroatoms. The van der Waals surface area contributed by atoms with E-state index < -0.39 is 21.4 Å². The number of carbonyl (C=O) groups is 1. The molecule has 9 nitrogen and oxygen atoms in total. The van der Waals surface area contributed by atoms with E-state index in [-0.39, 0.29) is 17.0 Å². The number of pyridine rings is 2. The third-order valence-electron chi connectivity index (χ3n) is 4.94. The molecule has 3 N–H and O–H groups in total. The molecule has 4 aromatic rings. The lowest BCUT2D eigenvalue weighted by molar-refractivity contribution is 0.102. The molecule has 0 saturated carbocycles. The first-order valence-electron chi connectivity index (χ1n) is 9.87. The van der Waals surface area contributed by atoms with Crippen LogP contribution in [-0.2, 0) is 16.6 Å². The summed E-state index contributed by atoms with van der Waals surface area (Å²) in [5, 5.41) is 2.94. The Morgan fingerprint density at radius 2 is 1.91 bits per heavy atom. The molecule has 4 rings (SSSR count). The Balaban J connectivity index is 1.49. The molecule has 0 unspecified atom stereocenters. The molecular weight excluding hydrogens is 444 g/mol. The fourth-order valence-corrected chi connectivity index (χ4v) is 4.19. The summed E-state index contributed by atoms with van der Waals surface area (Å²) in [6.07, 6.45) is 4.52. The number of methoxy groups -OCH3 is 1. The maximum Gasteiger partial charge on any atom is 0.261 e. The van der Waals surface area contributed by atoms with Gasteiger partial charge in [-0.15, -0.1) is 0 Å². The number of anilines is 1.